The molecule has 0 unspecified atom stereocenters. The van der Waals surface area contributed by atoms with Crippen molar-refractivity contribution in [1.82, 2.24) is 9.55 Å². The zero-order valence-corrected chi connectivity index (χ0v) is 12.4. The lowest BCUT2D eigenvalue weighted by Gasteiger charge is -2.23. The average Bonchev–Trinajstić information content (AvgIpc) is 2.40. The fraction of sp³-hybridized carbons (Fsp3) is 0.429. The maximum absolute atomic E-state index is 12.6. The van der Waals surface area contributed by atoms with E-state index in [4.69, 9.17) is 0 Å². The minimum atomic E-state index is -3.03. The number of nitrogens with one attached hydrogen (secondary N) is 1. The van der Waals surface area contributed by atoms with E-state index in [0.29, 0.717) is 23.7 Å². The lowest BCUT2D eigenvalue weighted by atomic mass is 10.1. The van der Waals surface area contributed by atoms with Gasteiger partial charge in [-0.15, -0.1) is 0 Å². The highest BCUT2D eigenvalue weighted by Crippen LogP contribution is 2.22. The number of aromatic nitrogens is 2. The highest BCUT2D eigenvalue weighted by Gasteiger charge is 2.27. The molecule has 2 heterocycles. The standard InChI is InChI=1S/C14H16N2O4S/c1-9-3-2-4-11-12(9)13(17)16(14(18)15-11)10-5-7-21(19,20)8-6-10/h2-4,10H,5-8H2,1H3,(H,15,18). The third-order valence-corrected chi connectivity index (χ3v) is 5.77. The van der Waals surface area contributed by atoms with Gasteiger partial charge in [-0.3, -0.25) is 9.36 Å². The van der Waals surface area contributed by atoms with E-state index in [1.54, 1.807) is 12.1 Å². The maximum Gasteiger partial charge on any atom is 0.329 e. The van der Waals surface area contributed by atoms with Crippen LogP contribution in [-0.4, -0.2) is 29.5 Å². The van der Waals surface area contributed by atoms with Crippen molar-refractivity contribution in [3.8, 4) is 0 Å². The molecule has 0 amide bonds. The van der Waals surface area contributed by atoms with Gasteiger partial charge in [-0.25, -0.2) is 13.2 Å². The maximum atomic E-state index is 12.6. The fourth-order valence-electron chi connectivity index (χ4n) is 2.91. The molecular weight excluding hydrogens is 292 g/mol. The van der Waals surface area contributed by atoms with E-state index in [-0.39, 0.29) is 23.1 Å². The number of benzene rings is 1. The Labute approximate surface area is 121 Å². The first-order valence-corrected chi connectivity index (χ1v) is 8.66. The first-order chi connectivity index (χ1) is 9.89. The zero-order valence-electron chi connectivity index (χ0n) is 11.6. The molecular formula is C14H16N2O4S. The van der Waals surface area contributed by atoms with E-state index >= 15 is 0 Å². The first-order valence-electron chi connectivity index (χ1n) is 6.83. The second-order valence-corrected chi connectivity index (χ2v) is 7.79. The van der Waals surface area contributed by atoms with Crippen LogP contribution in [0.3, 0.4) is 0 Å². The number of aromatic amines is 1. The van der Waals surface area contributed by atoms with Crippen LogP contribution in [0.15, 0.2) is 27.8 Å². The van der Waals surface area contributed by atoms with E-state index in [1.165, 1.54) is 4.57 Å². The summed E-state index contributed by atoms with van der Waals surface area (Å²) in [5.41, 5.74) is 0.508. The van der Waals surface area contributed by atoms with Gasteiger partial charge in [0.05, 0.1) is 22.4 Å². The normalized spacial score (nSPS) is 18.9. The van der Waals surface area contributed by atoms with Gasteiger partial charge < -0.3 is 4.98 Å². The van der Waals surface area contributed by atoms with Gasteiger partial charge in [-0.1, -0.05) is 12.1 Å². The van der Waals surface area contributed by atoms with Crippen molar-refractivity contribution in [1.29, 1.82) is 0 Å². The molecule has 3 rings (SSSR count). The van der Waals surface area contributed by atoms with Gasteiger partial charge in [0, 0.05) is 6.04 Å². The van der Waals surface area contributed by atoms with E-state index in [0.717, 1.165) is 5.56 Å². The van der Waals surface area contributed by atoms with Gasteiger partial charge in [0.25, 0.3) is 5.56 Å². The number of fused-ring (bicyclic) bond motifs is 1. The minimum Gasteiger partial charge on any atom is -0.307 e. The minimum absolute atomic E-state index is 0.0232. The Hall–Kier alpha value is -1.89. The van der Waals surface area contributed by atoms with Gasteiger partial charge in [-0.2, -0.15) is 0 Å². The van der Waals surface area contributed by atoms with Crippen LogP contribution >= 0.6 is 0 Å². The molecule has 1 aromatic carbocycles. The average molecular weight is 308 g/mol. The molecule has 1 saturated heterocycles. The SMILES string of the molecule is Cc1cccc2[nH]c(=O)n(C3CCS(=O)(=O)CC3)c(=O)c12. The fourth-order valence-corrected chi connectivity index (χ4v) is 4.38. The summed E-state index contributed by atoms with van der Waals surface area (Å²) < 4.78 is 24.2. The highest BCUT2D eigenvalue weighted by atomic mass is 32.2. The summed E-state index contributed by atoms with van der Waals surface area (Å²) >= 11 is 0. The number of hydrogen-bond donors (Lipinski definition) is 1. The third-order valence-electron chi connectivity index (χ3n) is 4.06. The molecule has 1 fully saturated rings. The Morgan fingerprint density at radius 1 is 1.19 bits per heavy atom. The molecule has 2 aromatic rings. The summed E-state index contributed by atoms with van der Waals surface area (Å²) in [5.74, 6) is 0.0463. The number of nitrogens with zero attached hydrogens (tertiary/aromatic N) is 1. The van der Waals surface area contributed by atoms with Gasteiger partial charge in [-0.05, 0) is 31.4 Å². The van der Waals surface area contributed by atoms with Crippen LogP contribution in [0, 0.1) is 6.92 Å². The molecule has 0 radical (unpaired) electrons. The molecule has 6 nitrogen and oxygen atoms in total. The van der Waals surface area contributed by atoms with E-state index in [1.807, 2.05) is 13.0 Å². The molecule has 0 atom stereocenters. The quantitative estimate of drug-likeness (QED) is 0.842. The number of rotatable bonds is 1. The Morgan fingerprint density at radius 3 is 2.52 bits per heavy atom. The summed E-state index contributed by atoms with van der Waals surface area (Å²) in [6.45, 7) is 1.82. The number of H-pyrrole nitrogens is 1. The van der Waals surface area contributed by atoms with Crippen molar-refractivity contribution in [3.05, 3.63) is 44.6 Å². The number of sulfone groups is 1. The Bertz CT molecular complexity index is 910. The van der Waals surface area contributed by atoms with Crippen LogP contribution in [-0.2, 0) is 9.84 Å². The predicted octanol–water partition coefficient (Wildman–Crippen LogP) is 0.748. The molecule has 0 saturated carbocycles. The lowest BCUT2D eigenvalue weighted by molar-refractivity contribution is 0.425. The summed E-state index contributed by atoms with van der Waals surface area (Å²) in [7, 11) is -3.03. The molecule has 1 N–H and O–H groups in total. The van der Waals surface area contributed by atoms with E-state index in [9.17, 15) is 18.0 Å². The third kappa shape index (κ3) is 2.42. The molecule has 0 bridgehead atoms. The number of hydrogen-bond acceptors (Lipinski definition) is 4. The summed E-state index contributed by atoms with van der Waals surface area (Å²) in [5, 5.41) is 0.491. The van der Waals surface area contributed by atoms with Gasteiger partial charge in [0.2, 0.25) is 0 Å². The molecule has 1 aromatic heterocycles. The van der Waals surface area contributed by atoms with Crippen LogP contribution in [0.25, 0.3) is 10.9 Å². The predicted molar refractivity (Wildman–Crippen MR) is 80.5 cm³/mol. The van der Waals surface area contributed by atoms with Gasteiger partial charge in [0.1, 0.15) is 9.84 Å². The van der Waals surface area contributed by atoms with Crippen LogP contribution in [0.2, 0.25) is 0 Å². The van der Waals surface area contributed by atoms with Crippen molar-refractivity contribution in [2.24, 2.45) is 0 Å². The summed E-state index contributed by atoms with van der Waals surface area (Å²) in [6, 6.07) is 4.94. The molecule has 0 aliphatic carbocycles. The van der Waals surface area contributed by atoms with Crippen molar-refractivity contribution in [2.75, 3.05) is 11.5 Å². The topological polar surface area (TPSA) is 89.0 Å². The van der Waals surface area contributed by atoms with Crippen molar-refractivity contribution in [2.45, 2.75) is 25.8 Å². The van der Waals surface area contributed by atoms with Crippen LogP contribution < -0.4 is 11.2 Å². The molecule has 0 spiro atoms. The molecule has 1 aliphatic heterocycles. The second kappa shape index (κ2) is 4.84. The van der Waals surface area contributed by atoms with Crippen LogP contribution in [0.1, 0.15) is 24.4 Å². The molecule has 1 aliphatic rings. The van der Waals surface area contributed by atoms with E-state index < -0.39 is 15.5 Å². The van der Waals surface area contributed by atoms with Crippen LogP contribution in [0.4, 0.5) is 0 Å². The Morgan fingerprint density at radius 2 is 1.86 bits per heavy atom. The Kier molecular flexibility index (Phi) is 3.24. The monoisotopic (exact) mass is 308 g/mol. The van der Waals surface area contributed by atoms with E-state index in [2.05, 4.69) is 4.98 Å². The zero-order chi connectivity index (χ0) is 15.2. The second-order valence-electron chi connectivity index (χ2n) is 5.49. The smallest absolute Gasteiger partial charge is 0.307 e. The van der Waals surface area contributed by atoms with Crippen molar-refractivity contribution >= 4 is 20.7 Å². The number of aryl methyl sites for hydroxylation is 1. The molecule has 21 heavy (non-hydrogen) atoms. The van der Waals surface area contributed by atoms with Crippen LogP contribution in [0.5, 0.6) is 0 Å². The highest BCUT2D eigenvalue weighted by molar-refractivity contribution is 7.91. The lowest BCUT2D eigenvalue weighted by Crippen LogP contribution is -2.41. The molecule has 7 heteroatoms. The summed E-state index contributed by atoms with van der Waals surface area (Å²) in [4.78, 5) is 27.5. The van der Waals surface area contributed by atoms with Crippen molar-refractivity contribution < 1.29 is 8.42 Å². The summed E-state index contributed by atoms with van der Waals surface area (Å²) in [6.07, 6.45) is 0.616. The Balaban J connectivity index is 2.18. The van der Waals surface area contributed by atoms with Gasteiger partial charge in [0.15, 0.2) is 0 Å². The first kappa shape index (κ1) is 14.1. The largest absolute Gasteiger partial charge is 0.329 e. The van der Waals surface area contributed by atoms with Crippen molar-refractivity contribution in [3.63, 3.8) is 0 Å². The van der Waals surface area contributed by atoms with Gasteiger partial charge >= 0.3 is 5.69 Å². The molecule has 112 valence electrons.